The van der Waals surface area contributed by atoms with Crippen LogP contribution >= 0.6 is 31.9 Å². The fourth-order valence-corrected chi connectivity index (χ4v) is 16.5. The number of non-ortho nitro benzene ring substituents is 2. The standard InChI is InChI=1S/C70H68Br2N6O4.2ClHO4/c1-67(2)61(15-13-17-63-69(35-9-7-10-36-69)55-41-51(77(79)80)29-33-57(55)73(63)5)75(59-31-25-47-23-27-49(71)39-53(47)65(59)67)43-45-19-21-46(22-20-45)44-76-60-32-26-48-24-28-50(72)40-54(48)66(60)68(3,4)62(76)16-14-18-64-70(37-11-8-12-38-70)56-42-52(78(81)82)30-34-58(56)74(64)6;2*2-1(3,4)5/h13-34,39-42H,7-12,35-38,43-44H2,1-6H3;2*(H,2,3,4,5)/q+2;;/p-2. The predicted molar refractivity (Wildman–Crippen MR) is 340 cm³/mol. The molecule has 2 saturated carbocycles. The molecule has 2 spiro atoms. The van der Waals surface area contributed by atoms with Crippen molar-refractivity contribution in [2.75, 3.05) is 23.9 Å². The Hall–Kier alpha value is -7.02. The van der Waals surface area contributed by atoms with E-state index in [0.717, 1.165) is 82.8 Å². The van der Waals surface area contributed by atoms with E-state index < -0.39 is 20.5 Å². The summed E-state index contributed by atoms with van der Waals surface area (Å²) in [6.07, 6.45) is 24.3. The third kappa shape index (κ3) is 12.8. The largest absolute Gasteiger partial charge is 0.347 e. The van der Waals surface area contributed by atoms with Crippen LogP contribution < -0.4 is 47.1 Å². The van der Waals surface area contributed by atoms with E-state index in [-0.39, 0.29) is 42.9 Å². The Morgan fingerprint density at radius 3 is 1.16 bits per heavy atom. The first-order chi connectivity index (χ1) is 43.4. The minimum Gasteiger partial charge on any atom is -0.347 e. The van der Waals surface area contributed by atoms with Gasteiger partial charge in [0.15, 0.2) is 24.5 Å². The van der Waals surface area contributed by atoms with E-state index in [2.05, 4.69) is 214 Å². The SMILES string of the molecule is CN1/C(=C/C=C/C2=[N+](Cc3ccc(C[N+]4=C(/C=C/C=C5/N(C)c6ccc([N+](=O)[O-])cc6C56CCCCC6)C(C)(C)c5c4ccc4ccc(Br)cc54)cc3)c3ccc4ccc(Br)cc4c3C2(C)C)C2(CCCCC2)c2cc([N+](=O)[O-])ccc21.[O-][Cl+3]([O-])([O-])[O-].[O-][Cl+3]([O-])([O-])[O-]. The summed E-state index contributed by atoms with van der Waals surface area (Å²) in [5.41, 5.74) is 15.6. The van der Waals surface area contributed by atoms with E-state index in [9.17, 15) is 20.2 Å². The molecule has 0 atom stereocenters. The molecule has 7 aromatic carbocycles. The number of halogens is 4. The quantitative estimate of drug-likeness (QED) is 0.0704. The molecule has 2 aliphatic carbocycles. The van der Waals surface area contributed by atoms with Crippen molar-refractivity contribution < 1.29 is 76.8 Å². The smallest absolute Gasteiger partial charge is 0.269 e. The number of allylic oxidation sites excluding steroid dienone is 8. The van der Waals surface area contributed by atoms with Crippen molar-refractivity contribution >= 4 is 99.0 Å². The van der Waals surface area contributed by atoms with Gasteiger partial charge in [-0.15, -0.1) is 20.5 Å². The molecule has 2 fully saturated rings. The molecule has 18 nitrogen and oxygen atoms in total. The van der Waals surface area contributed by atoms with E-state index in [0.29, 0.717) is 13.1 Å². The number of hydrogen-bond donors (Lipinski definition) is 0. The van der Waals surface area contributed by atoms with Crippen LogP contribution in [0.4, 0.5) is 34.1 Å². The number of rotatable bonds is 10. The van der Waals surface area contributed by atoms with Crippen LogP contribution in [0.25, 0.3) is 21.5 Å². The molecular weight excluding hydrogens is 1350 g/mol. The van der Waals surface area contributed by atoms with Crippen LogP contribution in [-0.2, 0) is 34.7 Å². The molecule has 0 amide bonds. The first-order valence-corrected chi connectivity index (χ1v) is 34.4. The second kappa shape index (κ2) is 25.4. The number of nitro benzene ring substituents is 2. The van der Waals surface area contributed by atoms with Gasteiger partial charge in [-0.05, 0) is 147 Å². The Morgan fingerprint density at radius 1 is 0.489 bits per heavy atom. The van der Waals surface area contributed by atoms with Gasteiger partial charge in [0.05, 0.1) is 20.7 Å². The Labute approximate surface area is 554 Å². The van der Waals surface area contributed by atoms with Gasteiger partial charge >= 0.3 is 0 Å². The average molecular weight is 1420 g/mol. The summed E-state index contributed by atoms with van der Waals surface area (Å²) >= 11 is 7.63. The number of likely N-dealkylation sites (N-methyl/N-ethyl adjacent to an activating group) is 2. The van der Waals surface area contributed by atoms with Crippen LogP contribution in [0.2, 0.25) is 0 Å². The van der Waals surface area contributed by atoms with Gasteiger partial charge in [0.1, 0.15) is 0 Å². The molecule has 6 aliphatic rings. The number of nitro groups is 2. The van der Waals surface area contributed by atoms with E-state index in [4.69, 9.17) is 37.3 Å². The molecule has 478 valence electrons. The van der Waals surface area contributed by atoms with E-state index in [1.165, 1.54) is 90.8 Å². The van der Waals surface area contributed by atoms with Gasteiger partial charge in [0.25, 0.3) is 11.4 Å². The van der Waals surface area contributed by atoms with E-state index in [1.807, 2.05) is 24.3 Å². The zero-order valence-corrected chi connectivity index (χ0v) is 56.3. The number of nitrogens with zero attached hydrogens (tertiary/aromatic N) is 6. The lowest BCUT2D eigenvalue weighted by Gasteiger charge is -2.36. The number of anilines is 2. The van der Waals surface area contributed by atoms with Gasteiger partial charge in [0, 0.05) is 127 Å². The second-order valence-electron chi connectivity index (χ2n) is 25.6. The molecule has 4 heterocycles. The minimum atomic E-state index is -4.94. The highest BCUT2D eigenvalue weighted by Gasteiger charge is 2.51. The number of hydrogen-bond acceptors (Lipinski definition) is 14. The highest BCUT2D eigenvalue weighted by atomic mass is 79.9. The average Bonchev–Trinajstić information content (AvgIpc) is 1.59. The van der Waals surface area contributed by atoms with Crippen molar-refractivity contribution in [3.05, 3.63) is 232 Å². The van der Waals surface area contributed by atoms with Gasteiger partial charge < -0.3 is 9.80 Å². The van der Waals surface area contributed by atoms with Crippen molar-refractivity contribution in [1.29, 1.82) is 0 Å². The van der Waals surface area contributed by atoms with E-state index >= 15 is 0 Å². The third-order valence-corrected chi connectivity index (χ3v) is 20.6. The summed E-state index contributed by atoms with van der Waals surface area (Å²) in [4.78, 5) is 28.2. The molecule has 0 unspecified atom stereocenters. The topological polar surface area (TPSA) is 283 Å². The molecule has 0 N–H and O–H groups in total. The van der Waals surface area contributed by atoms with Gasteiger partial charge in [-0.3, -0.25) is 20.2 Å². The monoisotopic (exact) mass is 1410 g/mol. The highest BCUT2D eigenvalue weighted by Crippen LogP contribution is 2.58. The second-order valence-corrected chi connectivity index (χ2v) is 28.9. The molecule has 0 radical (unpaired) electrons. The van der Waals surface area contributed by atoms with Crippen LogP contribution in [0.3, 0.4) is 0 Å². The van der Waals surface area contributed by atoms with Crippen LogP contribution in [0.1, 0.15) is 125 Å². The maximum absolute atomic E-state index is 12.1. The number of benzene rings is 7. The molecule has 13 rings (SSSR count). The number of fused-ring (bicyclic) bond motifs is 10. The Bertz CT molecular complexity index is 4040. The summed E-state index contributed by atoms with van der Waals surface area (Å²) in [5.74, 6) is 0. The molecular formula is C70H68Br2Cl2N6O12. The predicted octanol–water partition coefficient (Wildman–Crippen LogP) is 8.56. The fraction of sp³-hybridized carbons (Fsp3) is 0.314. The Kier molecular flexibility index (Phi) is 18.3. The zero-order valence-electron chi connectivity index (χ0n) is 51.6. The van der Waals surface area contributed by atoms with Gasteiger partial charge in [-0.2, -0.15) is 9.15 Å². The zero-order chi connectivity index (χ0) is 66.0. The summed E-state index contributed by atoms with van der Waals surface area (Å²) in [5, 5.41) is 29.0. The summed E-state index contributed by atoms with van der Waals surface area (Å²) in [6.45, 7) is 10.8. The summed E-state index contributed by atoms with van der Waals surface area (Å²) in [7, 11) is -5.65. The normalized spacial score (nSPS) is 19.3. The van der Waals surface area contributed by atoms with E-state index in [1.54, 1.807) is 12.1 Å². The molecule has 0 bridgehead atoms. The summed E-state index contributed by atoms with van der Waals surface area (Å²) < 4.78 is 75.1. The fourth-order valence-electron chi connectivity index (χ4n) is 15.7. The van der Waals surface area contributed by atoms with Gasteiger partial charge in [-0.25, -0.2) is 37.3 Å². The van der Waals surface area contributed by atoms with Crippen molar-refractivity contribution in [1.82, 2.24) is 0 Å². The maximum atomic E-state index is 12.1. The highest BCUT2D eigenvalue weighted by molar-refractivity contribution is 9.10. The molecule has 0 saturated heterocycles. The molecule has 7 aromatic rings. The van der Waals surface area contributed by atoms with Crippen LogP contribution in [-0.4, -0.2) is 44.5 Å². The van der Waals surface area contributed by atoms with Gasteiger partial charge in [-0.1, -0.05) is 119 Å². The lowest BCUT2D eigenvalue weighted by Crippen LogP contribution is -2.68. The Morgan fingerprint density at radius 2 is 0.826 bits per heavy atom. The van der Waals surface area contributed by atoms with Gasteiger partial charge in [0.2, 0.25) is 11.4 Å². The molecule has 22 heteroatoms. The molecule has 92 heavy (non-hydrogen) atoms. The van der Waals surface area contributed by atoms with Crippen molar-refractivity contribution in [2.24, 2.45) is 0 Å². The van der Waals surface area contributed by atoms with Crippen LogP contribution in [0.5, 0.6) is 0 Å². The third-order valence-electron chi connectivity index (χ3n) is 19.6. The lowest BCUT2D eigenvalue weighted by molar-refractivity contribution is -2.00. The van der Waals surface area contributed by atoms with Crippen LogP contribution in [0, 0.1) is 40.7 Å². The van der Waals surface area contributed by atoms with Crippen molar-refractivity contribution in [3.63, 3.8) is 0 Å². The maximum Gasteiger partial charge on any atom is 0.269 e. The first-order valence-electron chi connectivity index (χ1n) is 30.3. The van der Waals surface area contributed by atoms with Crippen molar-refractivity contribution in [2.45, 2.75) is 127 Å². The minimum absolute atomic E-state index is 0.154. The lowest BCUT2D eigenvalue weighted by atomic mass is 9.68. The first kappa shape index (κ1) is 66.4. The Balaban J connectivity index is 0.000000807. The molecule has 4 aliphatic heterocycles. The van der Waals surface area contributed by atoms with Crippen molar-refractivity contribution in [3.8, 4) is 0 Å². The molecule has 0 aromatic heterocycles. The van der Waals surface area contributed by atoms with Crippen LogP contribution in [0.15, 0.2) is 178 Å². The summed E-state index contributed by atoms with van der Waals surface area (Å²) in [6, 6.07) is 42.3.